The Hall–Kier alpha value is -3.20. The van der Waals surface area contributed by atoms with Crippen molar-refractivity contribution >= 4 is 21.5 Å². The number of hydrogen-bond acceptors (Lipinski definition) is 3. The normalized spacial score (nSPS) is 13.7. The van der Waals surface area contributed by atoms with Crippen LogP contribution in [-0.2, 0) is 22.9 Å². The minimum Gasteiger partial charge on any atom is -0.294 e. The highest BCUT2D eigenvalue weighted by atomic mass is 32.2. The molecular weight excluding hydrogens is 446 g/mol. The summed E-state index contributed by atoms with van der Waals surface area (Å²) in [7, 11) is -3.99. The zero-order valence-electron chi connectivity index (χ0n) is 16.6. The van der Waals surface area contributed by atoms with Gasteiger partial charge in [-0.1, -0.05) is 12.1 Å². The molecule has 0 N–H and O–H groups in total. The molecule has 1 aliphatic rings. The summed E-state index contributed by atoms with van der Waals surface area (Å²) < 4.78 is 81.7. The molecule has 166 valence electrons. The lowest BCUT2D eigenvalue weighted by Gasteiger charge is -2.31. The van der Waals surface area contributed by atoms with Gasteiger partial charge in [0.15, 0.2) is 5.78 Å². The van der Waals surface area contributed by atoms with Crippen LogP contribution in [0.4, 0.5) is 23.2 Å². The Kier molecular flexibility index (Phi) is 5.77. The number of hydrogen-bond donors (Lipinski definition) is 0. The number of halogens is 4. The molecule has 4 rings (SSSR count). The van der Waals surface area contributed by atoms with E-state index in [1.165, 1.54) is 22.5 Å². The zero-order valence-corrected chi connectivity index (χ0v) is 17.4. The van der Waals surface area contributed by atoms with Crippen molar-refractivity contribution in [3.63, 3.8) is 0 Å². The predicted octanol–water partition coefficient (Wildman–Crippen LogP) is 4.81. The van der Waals surface area contributed by atoms with E-state index >= 15 is 0 Å². The number of sulfonamides is 1. The Morgan fingerprint density at radius 2 is 1.53 bits per heavy atom. The summed E-state index contributed by atoms with van der Waals surface area (Å²) in [5.41, 5.74) is 0.584. The van der Waals surface area contributed by atoms with Crippen molar-refractivity contribution in [2.45, 2.75) is 24.2 Å². The van der Waals surface area contributed by atoms with Gasteiger partial charge in [-0.15, -0.1) is 0 Å². The van der Waals surface area contributed by atoms with Gasteiger partial charge in [0.25, 0.3) is 10.0 Å². The number of Topliss-reactive ketones (excluding diaryl/α,β-unsaturated/α-hetero) is 1. The average molecular weight is 463 g/mol. The Labute approximate surface area is 182 Å². The third-order valence-electron chi connectivity index (χ3n) is 5.28. The SMILES string of the molecule is O=C(Cc1ccc2c(c1)N(S(=O)(=O)c1ccc(F)cc1)CCC2)c1c(F)cc(F)cc1F. The van der Waals surface area contributed by atoms with Gasteiger partial charge in [0.1, 0.15) is 23.3 Å². The van der Waals surface area contributed by atoms with Crippen molar-refractivity contribution in [3.8, 4) is 0 Å². The number of anilines is 1. The molecule has 4 nitrogen and oxygen atoms in total. The number of carbonyl (C=O) groups is 1. The molecule has 0 unspecified atom stereocenters. The minimum absolute atomic E-state index is 0.0799. The lowest BCUT2D eigenvalue weighted by atomic mass is 9.97. The number of benzene rings is 3. The van der Waals surface area contributed by atoms with Gasteiger partial charge in [0.2, 0.25) is 0 Å². The molecule has 0 aliphatic carbocycles. The summed E-state index contributed by atoms with van der Waals surface area (Å²) >= 11 is 0. The molecule has 1 aliphatic heterocycles. The predicted molar refractivity (Wildman–Crippen MR) is 110 cm³/mol. The first kappa shape index (κ1) is 22.0. The molecule has 1 heterocycles. The number of nitrogens with zero attached hydrogens (tertiary/aromatic N) is 1. The van der Waals surface area contributed by atoms with Crippen LogP contribution in [0.15, 0.2) is 59.5 Å². The highest BCUT2D eigenvalue weighted by molar-refractivity contribution is 7.92. The number of aryl methyl sites for hydroxylation is 1. The third-order valence-corrected chi connectivity index (χ3v) is 7.11. The van der Waals surface area contributed by atoms with E-state index in [9.17, 15) is 30.8 Å². The Morgan fingerprint density at radius 3 is 2.19 bits per heavy atom. The third kappa shape index (κ3) is 4.12. The summed E-state index contributed by atoms with van der Waals surface area (Å²) in [6.07, 6.45) is 0.773. The summed E-state index contributed by atoms with van der Waals surface area (Å²) in [6, 6.07) is 10.1. The van der Waals surface area contributed by atoms with E-state index in [0.717, 1.165) is 17.7 Å². The molecule has 3 aromatic carbocycles. The van der Waals surface area contributed by atoms with Gasteiger partial charge in [-0.25, -0.2) is 26.0 Å². The van der Waals surface area contributed by atoms with E-state index < -0.39 is 51.1 Å². The topological polar surface area (TPSA) is 54.5 Å². The molecule has 0 saturated carbocycles. The van der Waals surface area contributed by atoms with Crippen LogP contribution in [-0.4, -0.2) is 20.7 Å². The Bertz CT molecular complexity index is 1280. The number of fused-ring (bicyclic) bond motifs is 1. The van der Waals surface area contributed by atoms with E-state index in [1.54, 1.807) is 12.1 Å². The standard InChI is InChI=1S/C23H17F4NO3S/c24-16-5-7-18(8-6-16)32(30,31)28-9-1-2-15-4-3-14(10-21(15)28)11-22(29)23-19(26)12-17(25)13-20(23)27/h3-8,10,12-13H,1-2,9,11H2. The van der Waals surface area contributed by atoms with Gasteiger partial charge in [0, 0.05) is 25.1 Å². The van der Waals surface area contributed by atoms with Crippen LogP contribution in [0.3, 0.4) is 0 Å². The number of ketones is 1. The summed E-state index contributed by atoms with van der Waals surface area (Å²) in [5.74, 6) is -5.20. The summed E-state index contributed by atoms with van der Waals surface area (Å²) in [6.45, 7) is 0.186. The molecular formula is C23H17F4NO3S. The lowest BCUT2D eigenvalue weighted by Crippen LogP contribution is -2.35. The second-order valence-electron chi connectivity index (χ2n) is 7.44. The largest absolute Gasteiger partial charge is 0.294 e. The fraction of sp³-hybridized carbons (Fsp3) is 0.174. The maximum atomic E-state index is 14.0. The molecule has 0 amide bonds. The maximum absolute atomic E-state index is 14.0. The van der Waals surface area contributed by atoms with E-state index in [2.05, 4.69) is 0 Å². The van der Waals surface area contributed by atoms with E-state index in [-0.39, 0.29) is 11.4 Å². The smallest absolute Gasteiger partial charge is 0.264 e. The molecule has 32 heavy (non-hydrogen) atoms. The van der Waals surface area contributed by atoms with Gasteiger partial charge in [0.05, 0.1) is 16.1 Å². The molecule has 0 radical (unpaired) electrons. The fourth-order valence-corrected chi connectivity index (χ4v) is 5.30. The first-order valence-corrected chi connectivity index (χ1v) is 11.2. The molecule has 0 bridgehead atoms. The van der Waals surface area contributed by atoms with Gasteiger partial charge in [-0.2, -0.15) is 0 Å². The molecule has 3 aromatic rings. The number of carbonyl (C=O) groups excluding carboxylic acids is 1. The van der Waals surface area contributed by atoms with Gasteiger partial charge >= 0.3 is 0 Å². The van der Waals surface area contributed by atoms with Crippen LogP contribution < -0.4 is 4.31 Å². The second kappa shape index (κ2) is 8.38. The first-order valence-electron chi connectivity index (χ1n) is 9.74. The first-order chi connectivity index (χ1) is 15.2. The van der Waals surface area contributed by atoms with Crippen LogP contribution >= 0.6 is 0 Å². The number of rotatable bonds is 5. The van der Waals surface area contributed by atoms with Gasteiger partial charge in [-0.3, -0.25) is 9.10 Å². The van der Waals surface area contributed by atoms with Gasteiger partial charge in [-0.05, 0) is 54.3 Å². The highest BCUT2D eigenvalue weighted by Crippen LogP contribution is 2.33. The molecule has 0 atom stereocenters. The van der Waals surface area contributed by atoms with Crippen molar-refractivity contribution in [2.75, 3.05) is 10.8 Å². The monoisotopic (exact) mass is 463 g/mol. The molecule has 0 fully saturated rings. The highest BCUT2D eigenvalue weighted by Gasteiger charge is 2.30. The second-order valence-corrected chi connectivity index (χ2v) is 9.30. The van der Waals surface area contributed by atoms with E-state index in [0.29, 0.717) is 36.2 Å². The van der Waals surface area contributed by atoms with Gasteiger partial charge < -0.3 is 0 Å². The molecule has 9 heteroatoms. The van der Waals surface area contributed by atoms with Crippen LogP contribution in [0.1, 0.15) is 27.9 Å². The average Bonchev–Trinajstić information content (AvgIpc) is 2.72. The van der Waals surface area contributed by atoms with Crippen molar-refractivity contribution in [3.05, 3.63) is 94.6 Å². The van der Waals surface area contributed by atoms with Crippen molar-refractivity contribution in [1.29, 1.82) is 0 Å². The maximum Gasteiger partial charge on any atom is 0.264 e. The van der Waals surface area contributed by atoms with Crippen LogP contribution in [0, 0.1) is 23.3 Å². The lowest BCUT2D eigenvalue weighted by molar-refractivity contribution is 0.0984. The van der Waals surface area contributed by atoms with Crippen LogP contribution in [0.5, 0.6) is 0 Å². The fourth-order valence-electron chi connectivity index (χ4n) is 3.76. The summed E-state index contributed by atoms with van der Waals surface area (Å²) in [4.78, 5) is 12.4. The Balaban J connectivity index is 1.68. The Morgan fingerprint density at radius 1 is 0.875 bits per heavy atom. The van der Waals surface area contributed by atoms with E-state index in [4.69, 9.17) is 0 Å². The van der Waals surface area contributed by atoms with Crippen LogP contribution in [0.25, 0.3) is 0 Å². The van der Waals surface area contributed by atoms with Crippen molar-refractivity contribution in [1.82, 2.24) is 0 Å². The quantitative estimate of drug-likeness (QED) is 0.403. The minimum atomic E-state index is -3.99. The molecule has 0 spiro atoms. The zero-order chi connectivity index (χ0) is 23.0. The summed E-state index contributed by atoms with van der Waals surface area (Å²) in [5, 5.41) is 0. The molecule has 0 aromatic heterocycles. The molecule has 0 saturated heterocycles. The van der Waals surface area contributed by atoms with E-state index in [1.807, 2.05) is 0 Å². The van der Waals surface area contributed by atoms with Crippen molar-refractivity contribution < 1.29 is 30.8 Å². The van der Waals surface area contributed by atoms with Crippen LogP contribution in [0.2, 0.25) is 0 Å². The van der Waals surface area contributed by atoms with Crippen molar-refractivity contribution in [2.24, 2.45) is 0 Å².